The monoisotopic (exact) mass is 462 g/mol. The van der Waals surface area contributed by atoms with Crippen molar-refractivity contribution < 1.29 is 14.3 Å². The number of ether oxygens (including phenoxy) is 1. The molecular weight excluding hydrogens is 440 g/mol. The van der Waals surface area contributed by atoms with Crippen LogP contribution in [0.3, 0.4) is 0 Å². The van der Waals surface area contributed by atoms with Crippen LogP contribution in [0.15, 0.2) is 58.4 Å². The van der Waals surface area contributed by atoms with Gasteiger partial charge >= 0.3 is 11.7 Å². The number of rotatable bonds is 7. The van der Waals surface area contributed by atoms with Gasteiger partial charge in [0.2, 0.25) is 5.78 Å². The second kappa shape index (κ2) is 9.14. The average molecular weight is 462 g/mol. The molecule has 0 fully saturated rings. The van der Waals surface area contributed by atoms with E-state index in [2.05, 4.69) is 10.1 Å². The van der Waals surface area contributed by atoms with Crippen LogP contribution >= 0.6 is 0 Å². The van der Waals surface area contributed by atoms with Gasteiger partial charge in [-0.1, -0.05) is 30.3 Å². The maximum Gasteiger partial charge on any atom is 0.344 e. The highest BCUT2D eigenvalue weighted by Gasteiger charge is 2.25. The number of ketones is 1. The van der Waals surface area contributed by atoms with Crippen LogP contribution in [0.25, 0.3) is 5.65 Å². The summed E-state index contributed by atoms with van der Waals surface area (Å²) in [6.45, 7) is 2.60. The number of aromatic nitrogens is 5. The molecule has 34 heavy (non-hydrogen) atoms. The van der Waals surface area contributed by atoms with E-state index in [1.165, 1.54) is 10.7 Å². The minimum absolute atomic E-state index is 0.0417. The Hall–Kier alpha value is -4.54. The lowest BCUT2D eigenvalue weighted by molar-refractivity contribution is 0.0475. The van der Waals surface area contributed by atoms with Crippen LogP contribution in [0.4, 0.5) is 5.82 Å². The van der Waals surface area contributed by atoms with Crippen LogP contribution in [0.5, 0.6) is 0 Å². The van der Waals surface area contributed by atoms with Gasteiger partial charge in [0.05, 0.1) is 12.2 Å². The van der Waals surface area contributed by atoms with E-state index in [9.17, 15) is 19.2 Å². The van der Waals surface area contributed by atoms with Crippen LogP contribution in [-0.4, -0.2) is 42.1 Å². The number of Topliss-reactive ketones (excluding diaryl/α,β-unsaturated/α-hetero) is 1. The number of hydrogen-bond donors (Lipinski definition) is 1. The van der Waals surface area contributed by atoms with Crippen molar-refractivity contribution >= 4 is 23.2 Å². The summed E-state index contributed by atoms with van der Waals surface area (Å²) in [5, 5.41) is 4.19. The molecule has 0 radical (unpaired) electrons. The quantitative estimate of drug-likeness (QED) is 0.317. The number of esters is 1. The second-order valence-corrected chi connectivity index (χ2v) is 7.51. The lowest BCUT2D eigenvalue weighted by Crippen LogP contribution is -2.44. The van der Waals surface area contributed by atoms with Gasteiger partial charge < -0.3 is 10.5 Å². The molecule has 4 rings (SSSR count). The average Bonchev–Trinajstić information content (AvgIpc) is 3.17. The van der Waals surface area contributed by atoms with Crippen molar-refractivity contribution in [2.45, 2.75) is 26.9 Å². The largest absolute Gasteiger partial charge is 0.454 e. The highest BCUT2D eigenvalue weighted by molar-refractivity contribution is 6.03. The number of fused-ring (bicyclic) bond motifs is 1. The summed E-state index contributed by atoms with van der Waals surface area (Å²) >= 11 is 0. The molecular formula is C23H22N6O5. The summed E-state index contributed by atoms with van der Waals surface area (Å²) in [5.74, 6) is -1.91. The lowest BCUT2D eigenvalue weighted by Gasteiger charge is -2.15. The van der Waals surface area contributed by atoms with Crippen LogP contribution in [-0.2, 0) is 17.8 Å². The van der Waals surface area contributed by atoms with Crippen LogP contribution in [0, 0.1) is 6.92 Å². The molecule has 11 heteroatoms. The number of hydrogen-bond acceptors (Lipinski definition) is 8. The smallest absolute Gasteiger partial charge is 0.344 e. The molecule has 0 aliphatic heterocycles. The lowest BCUT2D eigenvalue weighted by atomic mass is 10.1. The number of nitrogens with two attached hydrogens (primary N) is 1. The van der Waals surface area contributed by atoms with Crippen molar-refractivity contribution in [3.8, 4) is 0 Å². The summed E-state index contributed by atoms with van der Waals surface area (Å²) in [5.41, 5.74) is 5.79. The van der Waals surface area contributed by atoms with Crippen LogP contribution in [0.1, 0.15) is 38.9 Å². The fourth-order valence-corrected chi connectivity index (χ4v) is 3.69. The molecule has 0 atom stereocenters. The molecule has 0 bridgehead atoms. The second-order valence-electron chi connectivity index (χ2n) is 7.51. The Kier molecular flexibility index (Phi) is 6.09. The molecule has 0 amide bonds. The third-order valence-corrected chi connectivity index (χ3v) is 5.36. The predicted octanol–water partition coefficient (Wildman–Crippen LogP) is 1.05. The minimum Gasteiger partial charge on any atom is -0.454 e. The van der Waals surface area contributed by atoms with Gasteiger partial charge in [0.25, 0.3) is 5.56 Å². The van der Waals surface area contributed by atoms with Crippen molar-refractivity contribution in [2.24, 2.45) is 0 Å². The fourth-order valence-electron chi connectivity index (χ4n) is 3.69. The molecule has 174 valence electrons. The topological polar surface area (TPSA) is 144 Å². The number of anilines is 1. The Morgan fingerprint density at radius 2 is 1.79 bits per heavy atom. The maximum atomic E-state index is 13.0. The Balaban J connectivity index is 1.65. The zero-order chi connectivity index (χ0) is 24.4. The van der Waals surface area contributed by atoms with Gasteiger partial charge in [0.1, 0.15) is 16.9 Å². The molecule has 1 aromatic carbocycles. The van der Waals surface area contributed by atoms with Gasteiger partial charge in [0, 0.05) is 18.9 Å². The summed E-state index contributed by atoms with van der Waals surface area (Å²) in [6.07, 6.45) is 3.13. The Bertz CT molecular complexity index is 1520. The number of carbonyl (C=O) groups excluding carboxylic acids is 2. The highest BCUT2D eigenvalue weighted by atomic mass is 16.5. The van der Waals surface area contributed by atoms with Gasteiger partial charge in [0.15, 0.2) is 12.3 Å². The minimum atomic E-state index is -0.829. The molecule has 2 N–H and O–H groups in total. The van der Waals surface area contributed by atoms with Crippen LogP contribution in [0.2, 0.25) is 0 Å². The first kappa shape index (κ1) is 22.6. The Labute approximate surface area is 193 Å². The molecule has 3 aromatic heterocycles. The van der Waals surface area contributed by atoms with Gasteiger partial charge in [-0.05, 0) is 25.5 Å². The standard InChI is InChI=1S/C23H22N6O5/c1-3-27-21(31)18(19(24)28(23(27)33)12-15-8-5-4-6-9-15)16(30)13-34-22(32)17-14(2)26-29-11-7-10-25-20(17)29/h4-11H,3,12-13,24H2,1-2H3. The predicted molar refractivity (Wildman–Crippen MR) is 123 cm³/mol. The molecule has 0 unspecified atom stereocenters. The van der Waals surface area contributed by atoms with Gasteiger partial charge in [-0.3, -0.25) is 18.7 Å². The van der Waals surface area contributed by atoms with Crippen molar-refractivity contribution in [1.82, 2.24) is 23.7 Å². The Morgan fingerprint density at radius 3 is 2.50 bits per heavy atom. The number of benzene rings is 1. The summed E-state index contributed by atoms with van der Waals surface area (Å²) in [6, 6.07) is 10.7. The molecule has 0 aliphatic carbocycles. The molecule has 3 heterocycles. The molecule has 11 nitrogen and oxygen atoms in total. The highest BCUT2D eigenvalue weighted by Crippen LogP contribution is 2.15. The molecule has 4 aromatic rings. The first-order valence-corrected chi connectivity index (χ1v) is 10.5. The van der Waals surface area contributed by atoms with E-state index < -0.39 is 35.2 Å². The summed E-state index contributed by atoms with van der Waals surface area (Å²) in [7, 11) is 0. The van der Waals surface area contributed by atoms with Crippen LogP contribution < -0.4 is 17.0 Å². The first-order chi connectivity index (χ1) is 16.3. The van der Waals surface area contributed by atoms with E-state index in [0.717, 1.165) is 14.7 Å². The van der Waals surface area contributed by atoms with E-state index in [4.69, 9.17) is 10.5 Å². The van der Waals surface area contributed by atoms with Crippen molar-refractivity contribution in [1.29, 1.82) is 0 Å². The normalized spacial score (nSPS) is 11.0. The van der Waals surface area contributed by atoms with E-state index in [1.54, 1.807) is 50.4 Å². The van der Waals surface area contributed by atoms with Crippen molar-refractivity contribution in [3.63, 3.8) is 0 Å². The van der Waals surface area contributed by atoms with E-state index in [1.807, 2.05) is 6.07 Å². The third kappa shape index (κ3) is 3.98. The zero-order valence-electron chi connectivity index (χ0n) is 18.6. The van der Waals surface area contributed by atoms with Gasteiger partial charge in [-0.2, -0.15) is 5.10 Å². The Morgan fingerprint density at radius 1 is 1.06 bits per heavy atom. The van der Waals surface area contributed by atoms with E-state index in [0.29, 0.717) is 5.69 Å². The third-order valence-electron chi connectivity index (χ3n) is 5.36. The van der Waals surface area contributed by atoms with E-state index >= 15 is 0 Å². The zero-order valence-corrected chi connectivity index (χ0v) is 18.6. The summed E-state index contributed by atoms with van der Waals surface area (Å²) in [4.78, 5) is 55.5. The van der Waals surface area contributed by atoms with Crippen molar-refractivity contribution in [3.05, 3.63) is 92.0 Å². The summed E-state index contributed by atoms with van der Waals surface area (Å²) < 4.78 is 8.70. The number of carbonyl (C=O) groups is 2. The molecule has 0 spiro atoms. The SMILES string of the molecule is CCn1c(=O)c(C(=O)COC(=O)c2c(C)nn3cccnc23)c(N)n(Cc2ccccc2)c1=O. The number of nitrogen functional groups attached to an aromatic ring is 1. The maximum absolute atomic E-state index is 13.0. The number of aryl methyl sites for hydroxylation is 1. The first-order valence-electron chi connectivity index (χ1n) is 10.5. The van der Waals surface area contributed by atoms with Gasteiger partial charge in [-0.15, -0.1) is 0 Å². The van der Waals surface area contributed by atoms with Crippen molar-refractivity contribution in [2.75, 3.05) is 12.3 Å². The molecule has 0 aliphatic rings. The fraction of sp³-hybridized carbons (Fsp3) is 0.217. The molecule has 0 saturated heterocycles. The van der Waals surface area contributed by atoms with E-state index in [-0.39, 0.29) is 30.1 Å². The number of nitrogens with zero attached hydrogens (tertiary/aromatic N) is 5. The molecule has 0 saturated carbocycles. The van der Waals surface area contributed by atoms with Gasteiger partial charge in [-0.25, -0.2) is 19.1 Å².